The minimum absolute atomic E-state index is 0.0887. The van der Waals surface area contributed by atoms with E-state index in [1.807, 2.05) is 0 Å². The van der Waals surface area contributed by atoms with Crippen LogP contribution in [0, 0.1) is 0 Å². The van der Waals surface area contributed by atoms with Gasteiger partial charge in [0.25, 0.3) is 0 Å². The predicted octanol–water partition coefficient (Wildman–Crippen LogP) is 3.03. The van der Waals surface area contributed by atoms with Gasteiger partial charge in [0, 0.05) is 6.42 Å². The molecular formula is C16H19NO4. The summed E-state index contributed by atoms with van der Waals surface area (Å²) in [4.78, 5) is 37.2. The molecule has 0 unspecified atom stereocenters. The van der Waals surface area contributed by atoms with Crippen LogP contribution in [0.3, 0.4) is 0 Å². The average Bonchev–Trinajstić information content (AvgIpc) is 2.60. The van der Waals surface area contributed by atoms with Gasteiger partial charge in [-0.05, 0) is 39.3 Å². The Kier molecular flexibility index (Phi) is 3.85. The smallest absolute Gasteiger partial charge is 0.421 e. The number of anilines is 1. The number of hydrogen-bond donors (Lipinski definition) is 0. The molecule has 0 radical (unpaired) electrons. The molecule has 0 aromatic heterocycles. The summed E-state index contributed by atoms with van der Waals surface area (Å²) in [6, 6.07) is 7.00. The molecule has 0 spiro atoms. The zero-order valence-electron chi connectivity index (χ0n) is 12.7. The lowest BCUT2D eigenvalue weighted by molar-refractivity contribution is -0.123. The van der Waals surface area contributed by atoms with Crippen molar-refractivity contribution in [3.8, 4) is 0 Å². The lowest BCUT2D eigenvalue weighted by Crippen LogP contribution is -2.39. The number of imide groups is 1. The van der Waals surface area contributed by atoms with Gasteiger partial charge < -0.3 is 4.74 Å². The number of nitrogens with zero attached hydrogens (tertiary/aromatic N) is 1. The van der Waals surface area contributed by atoms with Crippen LogP contribution >= 0.6 is 0 Å². The summed E-state index contributed by atoms with van der Waals surface area (Å²) in [5, 5.41) is 0. The van der Waals surface area contributed by atoms with Gasteiger partial charge in [0.2, 0.25) is 5.91 Å². The van der Waals surface area contributed by atoms with Gasteiger partial charge in [-0.1, -0.05) is 18.2 Å². The summed E-state index contributed by atoms with van der Waals surface area (Å²) in [6.45, 7) is 6.66. The first kappa shape index (κ1) is 15.2. The van der Waals surface area contributed by atoms with E-state index in [2.05, 4.69) is 0 Å². The number of amides is 2. The van der Waals surface area contributed by atoms with Gasteiger partial charge in [0.15, 0.2) is 0 Å². The molecule has 0 saturated carbocycles. The maximum Gasteiger partial charge on any atom is 0.421 e. The number of carbonyl (C=O) groups is 3. The second-order valence-corrected chi connectivity index (χ2v) is 6.17. The highest BCUT2D eigenvalue weighted by Crippen LogP contribution is 2.39. The molecule has 21 heavy (non-hydrogen) atoms. The maximum absolute atomic E-state index is 12.5. The number of carbonyl (C=O) groups excluding carboxylic acids is 3. The van der Waals surface area contributed by atoms with Gasteiger partial charge in [-0.3, -0.25) is 9.59 Å². The first-order valence-electron chi connectivity index (χ1n) is 6.86. The van der Waals surface area contributed by atoms with Crippen LogP contribution in [0.25, 0.3) is 0 Å². The van der Waals surface area contributed by atoms with Crippen LogP contribution in [0.15, 0.2) is 24.3 Å². The Labute approximate surface area is 123 Å². The number of rotatable bonds is 2. The van der Waals surface area contributed by atoms with Crippen molar-refractivity contribution in [2.24, 2.45) is 0 Å². The largest absolute Gasteiger partial charge is 0.443 e. The second kappa shape index (κ2) is 5.31. The Bertz CT molecular complexity index is 601. The highest BCUT2D eigenvalue weighted by Gasteiger charge is 2.42. The third-order valence-corrected chi connectivity index (χ3v) is 3.14. The number of fused-ring (bicyclic) bond motifs is 1. The number of ketones is 1. The Morgan fingerprint density at radius 3 is 2.43 bits per heavy atom. The third kappa shape index (κ3) is 3.12. The summed E-state index contributed by atoms with van der Waals surface area (Å²) in [7, 11) is 0. The minimum atomic E-state index is -0.703. The number of ether oxygens (including phenoxy) is 1. The van der Waals surface area contributed by atoms with Gasteiger partial charge in [-0.2, -0.15) is 0 Å². The van der Waals surface area contributed by atoms with Crippen molar-refractivity contribution in [1.29, 1.82) is 0 Å². The summed E-state index contributed by atoms with van der Waals surface area (Å²) in [5.74, 6) is -1.10. The van der Waals surface area contributed by atoms with Crippen molar-refractivity contribution in [3.05, 3.63) is 29.8 Å². The molecule has 5 heteroatoms. The fourth-order valence-electron chi connectivity index (χ4n) is 2.37. The van der Waals surface area contributed by atoms with E-state index < -0.39 is 23.5 Å². The molecule has 112 valence electrons. The van der Waals surface area contributed by atoms with Crippen LogP contribution < -0.4 is 4.90 Å². The van der Waals surface area contributed by atoms with Crippen LogP contribution in [0.1, 0.15) is 45.6 Å². The standard InChI is InChI=1S/C16H19NO4/c1-10(18)9-12-11-7-5-6-8-13(11)17(14(12)19)15(20)21-16(2,3)4/h5-8,12H,9H2,1-4H3/t12-/m0/s1. The lowest BCUT2D eigenvalue weighted by Gasteiger charge is -2.24. The summed E-state index contributed by atoms with van der Waals surface area (Å²) >= 11 is 0. The van der Waals surface area contributed by atoms with E-state index in [0.717, 1.165) is 4.90 Å². The molecule has 0 saturated heterocycles. The number of Topliss-reactive ketones (excluding diaryl/α,β-unsaturated/α-hetero) is 1. The second-order valence-electron chi connectivity index (χ2n) is 6.17. The predicted molar refractivity (Wildman–Crippen MR) is 78.2 cm³/mol. The normalized spacial score (nSPS) is 17.6. The Hall–Kier alpha value is -2.17. The number of benzene rings is 1. The van der Waals surface area contributed by atoms with Crippen molar-refractivity contribution >= 4 is 23.5 Å². The molecule has 1 aliphatic heterocycles. The van der Waals surface area contributed by atoms with E-state index in [1.54, 1.807) is 45.0 Å². The molecular weight excluding hydrogens is 270 g/mol. The summed E-state index contributed by atoms with van der Waals surface area (Å²) in [6.07, 6.45) is -0.610. The van der Waals surface area contributed by atoms with E-state index >= 15 is 0 Å². The van der Waals surface area contributed by atoms with Gasteiger partial charge in [0.05, 0.1) is 11.6 Å². The molecule has 1 atom stereocenters. The first-order valence-corrected chi connectivity index (χ1v) is 6.86. The molecule has 2 amide bonds. The molecule has 0 N–H and O–H groups in total. The van der Waals surface area contributed by atoms with Crippen molar-refractivity contribution in [2.75, 3.05) is 4.90 Å². The van der Waals surface area contributed by atoms with E-state index in [4.69, 9.17) is 4.74 Å². The zero-order valence-corrected chi connectivity index (χ0v) is 12.7. The van der Waals surface area contributed by atoms with Gasteiger partial charge in [0.1, 0.15) is 11.4 Å². The summed E-state index contributed by atoms with van der Waals surface area (Å²) in [5.41, 5.74) is 0.511. The molecule has 1 aromatic carbocycles. The van der Waals surface area contributed by atoms with Gasteiger partial charge in [-0.25, -0.2) is 9.69 Å². The van der Waals surface area contributed by atoms with Crippen molar-refractivity contribution in [1.82, 2.24) is 0 Å². The Balaban J connectivity index is 2.38. The van der Waals surface area contributed by atoms with Crippen LogP contribution in [0.5, 0.6) is 0 Å². The highest BCUT2D eigenvalue weighted by atomic mass is 16.6. The minimum Gasteiger partial charge on any atom is -0.443 e. The molecule has 0 bridgehead atoms. The number of para-hydroxylation sites is 1. The first-order chi connectivity index (χ1) is 9.70. The van der Waals surface area contributed by atoms with E-state index in [1.165, 1.54) is 6.92 Å². The van der Waals surface area contributed by atoms with E-state index in [-0.39, 0.29) is 12.2 Å². The topological polar surface area (TPSA) is 63.7 Å². The van der Waals surface area contributed by atoms with Crippen molar-refractivity contribution < 1.29 is 19.1 Å². The van der Waals surface area contributed by atoms with E-state index in [0.29, 0.717) is 11.3 Å². The molecule has 1 heterocycles. The molecule has 1 aromatic rings. The highest BCUT2D eigenvalue weighted by molar-refractivity contribution is 6.19. The van der Waals surface area contributed by atoms with E-state index in [9.17, 15) is 14.4 Å². The molecule has 0 aliphatic carbocycles. The van der Waals surface area contributed by atoms with Crippen LogP contribution in [0.2, 0.25) is 0 Å². The third-order valence-electron chi connectivity index (χ3n) is 3.14. The Morgan fingerprint density at radius 1 is 1.24 bits per heavy atom. The molecule has 0 fully saturated rings. The maximum atomic E-state index is 12.5. The quantitative estimate of drug-likeness (QED) is 0.839. The number of hydrogen-bond acceptors (Lipinski definition) is 4. The van der Waals surface area contributed by atoms with Crippen LogP contribution in [-0.4, -0.2) is 23.4 Å². The molecule has 1 aliphatic rings. The lowest BCUT2D eigenvalue weighted by atomic mass is 9.96. The average molecular weight is 289 g/mol. The molecule has 5 nitrogen and oxygen atoms in total. The van der Waals surface area contributed by atoms with Crippen molar-refractivity contribution in [3.63, 3.8) is 0 Å². The fraction of sp³-hybridized carbons (Fsp3) is 0.438. The fourth-order valence-corrected chi connectivity index (χ4v) is 2.37. The van der Waals surface area contributed by atoms with Gasteiger partial charge in [-0.15, -0.1) is 0 Å². The Morgan fingerprint density at radius 2 is 1.86 bits per heavy atom. The summed E-state index contributed by atoms with van der Waals surface area (Å²) < 4.78 is 5.28. The van der Waals surface area contributed by atoms with Crippen molar-refractivity contribution in [2.45, 2.75) is 45.6 Å². The SMILES string of the molecule is CC(=O)C[C@@H]1C(=O)N(C(=O)OC(C)(C)C)c2ccccc21. The van der Waals surface area contributed by atoms with Crippen LogP contribution in [0.4, 0.5) is 10.5 Å². The molecule has 2 rings (SSSR count). The van der Waals surface area contributed by atoms with Gasteiger partial charge >= 0.3 is 6.09 Å². The monoisotopic (exact) mass is 289 g/mol. The van der Waals surface area contributed by atoms with Crippen LogP contribution in [-0.2, 0) is 14.3 Å². The zero-order chi connectivity index (χ0) is 15.8.